The molecule has 10 aromatic rings. The van der Waals surface area contributed by atoms with E-state index in [0.717, 1.165) is 67.5 Å². The van der Waals surface area contributed by atoms with Crippen molar-refractivity contribution in [2.75, 3.05) is 9.80 Å². The predicted octanol–water partition coefficient (Wildman–Crippen LogP) is 16.5. The topological polar surface area (TPSA) is 34.6 Å². The molecule has 0 aliphatic carbocycles. The van der Waals surface area contributed by atoms with Gasteiger partial charge in [0.25, 0.3) is 0 Å². The van der Waals surface area contributed by atoms with Crippen molar-refractivity contribution in [2.45, 2.75) is 27.7 Å². The molecule has 10 aromatic carbocycles. The van der Waals surface area contributed by atoms with Crippen molar-refractivity contribution < 1.29 is 0 Å². The van der Waals surface area contributed by atoms with Crippen molar-refractivity contribution in [3.05, 3.63) is 221 Å². The van der Waals surface area contributed by atoms with Crippen molar-refractivity contribution in [3.63, 3.8) is 0 Å². The molecule has 0 amide bonds. The summed E-state index contributed by atoms with van der Waals surface area (Å²) < 4.78 is 0. The summed E-state index contributed by atoms with van der Waals surface area (Å²) in [6.45, 7) is 16.2. The number of aryl methyl sites for hydroxylation is 4. The molecule has 0 aliphatic rings. The van der Waals surface area contributed by atoms with Gasteiger partial charge in [0.2, 0.25) is 0 Å². The average Bonchev–Trinajstić information content (AvgIpc) is 3.31. The highest BCUT2D eigenvalue weighted by Crippen LogP contribution is 2.49. The molecule has 62 heavy (non-hydrogen) atoms. The van der Waals surface area contributed by atoms with Gasteiger partial charge in [0.05, 0.1) is 29.6 Å². The standard InChI is InChI=1S/C58H42N4/c1-37-10-6-8-12-51(37)61(55-34-46(18-14-39(55)3)42-20-16-41(36-59)17-21-42)53-32-26-44-25-31-50-54(33-27-45-24-30-49(53)57(44)58(45)50)62(52-13-9-7-11-38(52)2)56-35-47(19-15-40(56)4)43-22-28-48(60-5)29-23-43/h6-35H,1-4H3. The van der Waals surface area contributed by atoms with Crippen LogP contribution in [0.15, 0.2) is 182 Å². The highest BCUT2D eigenvalue weighted by Gasteiger charge is 2.24. The van der Waals surface area contributed by atoms with Gasteiger partial charge in [-0.05, 0) is 142 Å². The minimum Gasteiger partial charge on any atom is -0.309 e. The molecular weight excluding hydrogens is 753 g/mol. The Morgan fingerprint density at radius 2 is 0.806 bits per heavy atom. The van der Waals surface area contributed by atoms with Gasteiger partial charge < -0.3 is 9.80 Å². The summed E-state index contributed by atoms with van der Waals surface area (Å²) in [5, 5.41) is 16.7. The number of anilines is 6. The maximum Gasteiger partial charge on any atom is 0.187 e. The summed E-state index contributed by atoms with van der Waals surface area (Å²) in [6.07, 6.45) is 0. The number of benzene rings is 10. The number of para-hydroxylation sites is 2. The van der Waals surface area contributed by atoms with Crippen molar-refractivity contribution in [3.8, 4) is 28.3 Å². The van der Waals surface area contributed by atoms with Gasteiger partial charge in [-0.1, -0.05) is 133 Å². The van der Waals surface area contributed by atoms with E-state index >= 15 is 0 Å². The number of nitriles is 1. The Labute approximate surface area is 363 Å². The van der Waals surface area contributed by atoms with E-state index in [4.69, 9.17) is 6.57 Å². The Morgan fingerprint density at radius 3 is 1.24 bits per heavy atom. The van der Waals surface area contributed by atoms with Crippen molar-refractivity contribution in [1.82, 2.24) is 0 Å². The summed E-state index contributed by atoms with van der Waals surface area (Å²) in [5.41, 5.74) is 16.9. The van der Waals surface area contributed by atoms with Crippen LogP contribution in [0.2, 0.25) is 0 Å². The van der Waals surface area contributed by atoms with Crippen molar-refractivity contribution >= 4 is 72.1 Å². The lowest BCUT2D eigenvalue weighted by atomic mass is 9.91. The largest absolute Gasteiger partial charge is 0.309 e. The smallest absolute Gasteiger partial charge is 0.187 e. The van der Waals surface area contributed by atoms with E-state index in [2.05, 4.69) is 182 Å². The Hall–Kier alpha value is -8.18. The van der Waals surface area contributed by atoms with E-state index in [-0.39, 0.29) is 0 Å². The Morgan fingerprint density at radius 1 is 0.403 bits per heavy atom. The molecule has 0 fully saturated rings. The first-order chi connectivity index (χ1) is 30.3. The monoisotopic (exact) mass is 794 g/mol. The van der Waals surface area contributed by atoms with E-state index in [1.165, 1.54) is 43.4 Å². The fourth-order valence-corrected chi connectivity index (χ4v) is 9.09. The molecule has 0 aromatic heterocycles. The summed E-state index contributed by atoms with van der Waals surface area (Å²) in [5.74, 6) is 0. The van der Waals surface area contributed by atoms with Gasteiger partial charge in [-0.2, -0.15) is 5.26 Å². The maximum atomic E-state index is 9.49. The van der Waals surface area contributed by atoms with Gasteiger partial charge in [0.1, 0.15) is 0 Å². The maximum absolute atomic E-state index is 9.49. The van der Waals surface area contributed by atoms with Gasteiger partial charge >= 0.3 is 0 Å². The highest BCUT2D eigenvalue weighted by atomic mass is 15.2. The fraction of sp³-hybridized carbons (Fsp3) is 0.0690. The first-order valence-electron chi connectivity index (χ1n) is 20.9. The lowest BCUT2D eigenvalue weighted by Crippen LogP contribution is -2.14. The fourth-order valence-electron chi connectivity index (χ4n) is 9.09. The van der Waals surface area contributed by atoms with E-state index in [1.807, 2.05) is 48.5 Å². The summed E-state index contributed by atoms with van der Waals surface area (Å²) in [6, 6.07) is 66.8. The van der Waals surface area contributed by atoms with Crippen molar-refractivity contribution in [1.29, 1.82) is 5.26 Å². The Kier molecular flexibility index (Phi) is 9.48. The second-order valence-corrected chi connectivity index (χ2v) is 16.2. The molecule has 0 saturated heterocycles. The molecule has 0 bridgehead atoms. The third kappa shape index (κ3) is 6.47. The van der Waals surface area contributed by atoms with Gasteiger partial charge in [-0.15, -0.1) is 0 Å². The van der Waals surface area contributed by atoms with Crippen LogP contribution in [0.1, 0.15) is 27.8 Å². The van der Waals surface area contributed by atoms with Crippen LogP contribution in [0.25, 0.3) is 59.4 Å². The molecular formula is C58H42N4. The third-order valence-electron chi connectivity index (χ3n) is 12.4. The van der Waals surface area contributed by atoms with Crippen LogP contribution in [0, 0.1) is 45.6 Å². The molecule has 294 valence electrons. The van der Waals surface area contributed by atoms with E-state index in [1.54, 1.807) is 0 Å². The molecule has 0 N–H and O–H groups in total. The Bertz CT molecular complexity index is 3190. The van der Waals surface area contributed by atoms with Crippen LogP contribution in [-0.4, -0.2) is 0 Å². The molecule has 0 aliphatic heterocycles. The molecule has 0 saturated carbocycles. The molecule has 4 heteroatoms. The average molecular weight is 795 g/mol. The van der Waals surface area contributed by atoms with Gasteiger partial charge in [0, 0.05) is 33.5 Å². The SMILES string of the molecule is [C-]#[N+]c1ccc(-c2ccc(C)c(N(c3ccccc3C)c3ccc4ccc5c(N(c6ccccc6C)c6cc(-c7ccc(C#N)cc7)ccc6C)ccc6ccc3c4c65)c2)cc1. The first-order valence-corrected chi connectivity index (χ1v) is 20.9. The third-order valence-corrected chi connectivity index (χ3v) is 12.4. The highest BCUT2D eigenvalue weighted by molar-refractivity contribution is 6.28. The summed E-state index contributed by atoms with van der Waals surface area (Å²) in [7, 11) is 0. The second kappa shape index (κ2) is 15.4. The zero-order chi connectivity index (χ0) is 42.5. The van der Waals surface area contributed by atoms with E-state index in [0.29, 0.717) is 11.3 Å². The molecule has 10 rings (SSSR count). The second-order valence-electron chi connectivity index (χ2n) is 16.2. The lowest BCUT2D eigenvalue weighted by molar-refractivity contribution is 1.23. The van der Waals surface area contributed by atoms with Crippen LogP contribution in [-0.2, 0) is 0 Å². The van der Waals surface area contributed by atoms with Gasteiger partial charge in [0.15, 0.2) is 5.69 Å². The van der Waals surface area contributed by atoms with Crippen LogP contribution in [0.4, 0.5) is 39.8 Å². The predicted molar refractivity (Wildman–Crippen MR) is 260 cm³/mol. The summed E-state index contributed by atoms with van der Waals surface area (Å²) >= 11 is 0. The number of nitrogens with zero attached hydrogens (tertiary/aromatic N) is 4. The van der Waals surface area contributed by atoms with E-state index in [9.17, 15) is 5.26 Å². The number of hydrogen-bond donors (Lipinski definition) is 0. The summed E-state index contributed by atoms with van der Waals surface area (Å²) in [4.78, 5) is 8.49. The Balaban J connectivity index is 1.21. The molecule has 0 radical (unpaired) electrons. The van der Waals surface area contributed by atoms with Crippen LogP contribution in [0.5, 0.6) is 0 Å². The van der Waals surface area contributed by atoms with Crippen LogP contribution in [0.3, 0.4) is 0 Å². The minimum atomic E-state index is 0.633. The number of rotatable bonds is 8. The first kappa shape index (κ1) is 38.0. The van der Waals surface area contributed by atoms with Crippen LogP contribution < -0.4 is 9.80 Å². The van der Waals surface area contributed by atoms with Crippen LogP contribution >= 0.6 is 0 Å². The molecule has 4 nitrogen and oxygen atoms in total. The molecule has 0 atom stereocenters. The quantitative estimate of drug-likeness (QED) is 0.113. The molecule has 0 unspecified atom stereocenters. The van der Waals surface area contributed by atoms with Gasteiger partial charge in [-0.25, -0.2) is 4.85 Å². The van der Waals surface area contributed by atoms with Crippen molar-refractivity contribution in [2.24, 2.45) is 0 Å². The lowest BCUT2D eigenvalue weighted by Gasteiger charge is -2.32. The molecule has 0 heterocycles. The van der Waals surface area contributed by atoms with Gasteiger partial charge in [-0.3, -0.25) is 0 Å². The molecule has 0 spiro atoms. The van der Waals surface area contributed by atoms with E-state index < -0.39 is 0 Å². The number of hydrogen-bond acceptors (Lipinski definition) is 3. The minimum absolute atomic E-state index is 0.633. The zero-order valence-corrected chi connectivity index (χ0v) is 35.1. The normalized spacial score (nSPS) is 11.2. The zero-order valence-electron chi connectivity index (χ0n) is 35.1.